The highest BCUT2D eigenvalue weighted by Gasteiger charge is 2.07. The Hall–Kier alpha value is -2.89. The summed E-state index contributed by atoms with van der Waals surface area (Å²) in [5, 5.41) is 14.7. The number of amides is 2. The van der Waals surface area contributed by atoms with Crippen molar-refractivity contribution in [3.8, 4) is 5.75 Å². The van der Waals surface area contributed by atoms with Gasteiger partial charge in [-0.2, -0.15) is 0 Å². The molecule has 1 aromatic carbocycles. The van der Waals surface area contributed by atoms with Gasteiger partial charge in [0.25, 0.3) is 5.91 Å². The van der Waals surface area contributed by atoms with Gasteiger partial charge in [-0.3, -0.25) is 14.6 Å². The fourth-order valence-corrected chi connectivity index (χ4v) is 1.64. The molecule has 2 rings (SSSR count). The van der Waals surface area contributed by atoms with Crippen molar-refractivity contribution in [1.82, 2.24) is 4.98 Å². The number of carbonyl (C=O) groups excluding carboxylic acids is 2. The van der Waals surface area contributed by atoms with Crippen LogP contribution in [0.25, 0.3) is 0 Å². The number of hydrogen-bond acceptors (Lipinski definition) is 4. The molecule has 0 radical (unpaired) electrons. The summed E-state index contributed by atoms with van der Waals surface area (Å²) in [5.41, 5.74) is 1.51. The van der Waals surface area contributed by atoms with Crippen molar-refractivity contribution >= 4 is 23.2 Å². The summed E-state index contributed by atoms with van der Waals surface area (Å²) < 4.78 is 0. The minimum absolute atomic E-state index is 0.0692. The van der Waals surface area contributed by atoms with Crippen molar-refractivity contribution in [2.75, 3.05) is 10.6 Å². The number of aromatic nitrogens is 1. The SMILES string of the molecule is CCC(=O)Nc1ccc(NC(=O)c2cncc(O)c2)cc1. The fourth-order valence-electron chi connectivity index (χ4n) is 1.64. The molecule has 6 nitrogen and oxygen atoms in total. The molecule has 21 heavy (non-hydrogen) atoms. The van der Waals surface area contributed by atoms with Gasteiger partial charge in [0.2, 0.25) is 5.91 Å². The quantitative estimate of drug-likeness (QED) is 0.804. The highest BCUT2D eigenvalue weighted by Crippen LogP contribution is 2.16. The van der Waals surface area contributed by atoms with Crippen LogP contribution in [-0.4, -0.2) is 21.9 Å². The number of hydrogen-bond donors (Lipinski definition) is 3. The highest BCUT2D eigenvalue weighted by molar-refractivity contribution is 6.04. The van der Waals surface area contributed by atoms with E-state index in [9.17, 15) is 14.7 Å². The molecule has 0 aliphatic heterocycles. The summed E-state index contributed by atoms with van der Waals surface area (Å²) in [7, 11) is 0. The Kier molecular flexibility index (Phi) is 4.50. The van der Waals surface area contributed by atoms with E-state index in [2.05, 4.69) is 15.6 Å². The van der Waals surface area contributed by atoms with E-state index < -0.39 is 0 Å². The van der Waals surface area contributed by atoms with Crippen LogP contribution in [-0.2, 0) is 4.79 Å². The molecule has 0 unspecified atom stereocenters. The molecule has 3 N–H and O–H groups in total. The zero-order chi connectivity index (χ0) is 15.2. The molecule has 2 amide bonds. The molecule has 1 heterocycles. The number of rotatable bonds is 4. The Morgan fingerprint density at radius 1 is 1.10 bits per heavy atom. The van der Waals surface area contributed by atoms with Crippen molar-refractivity contribution in [1.29, 1.82) is 0 Å². The number of anilines is 2. The fraction of sp³-hybridized carbons (Fsp3) is 0.133. The molecule has 0 aliphatic carbocycles. The van der Waals surface area contributed by atoms with Crippen molar-refractivity contribution < 1.29 is 14.7 Å². The lowest BCUT2D eigenvalue weighted by Gasteiger charge is -2.07. The molecule has 6 heteroatoms. The molecular formula is C15H15N3O3. The van der Waals surface area contributed by atoms with Crippen LogP contribution < -0.4 is 10.6 Å². The van der Waals surface area contributed by atoms with E-state index in [0.29, 0.717) is 17.8 Å². The lowest BCUT2D eigenvalue weighted by atomic mass is 10.2. The number of pyridine rings is 1. The Morgan fingerprint density at radius 2 is 1.71 bits per heavy atom. The molecule has 0 atom stereocenters. The molecule has 0 saturated carbocycles. The lowest BCUT2D eigenvalue weighted by molar-refractivity contribution is -0.115. The second-order valence-corrected chi connectivity index (χ2v) is 4.37. The van der Waals surface area contributed by atoms with Gasteiger partial charge in [0.15, 0.2) is 0 Å². The van der Waals surface area contributed by atoms with E-state index >= 15 is 0 Å². The standard InChI is InChI=1S/C15H15N3O3/c1-2-14(20)17-11-3-5-12(6-4-11)18-15(21)10-7-13(19)9-16-8-10/h3-9,19H,2H2,1H3,(H,17,20)(H,18,21). The first-order valence-electron chi connectivity index (χ1n) is 6.43. The molecular weight excluding hydrogens is 270 g/mol. The normalized spacial score (nSPS) is 9.95. The number of benzene rings is 1. The van der Waals surface area contributed by atoms with E-state index in [1.807, 2.05) is 0 Å². The second kappa shape index (κ2) is 6.51. The first-order chi connectivity index (χ1) is 10.1. The topological polar surface area (TPSA) is 91.3 Å². The average molecular weight is 285 g/mol. The molecule has 0 bridgehead atoms. The monoisotopic (exact) mass is 285 g/mol. The van der Waals surface area contributed by atoms with Crippen LogP contribution in [0.4, 0.5) is 11.4 Å². The van der Waals surface area contributed by atoms with Crippen LogP contribution in [0.15, 0.2) is 42.7 Å². The van der Waals surface area contributed by atoms with Gasteiger partial charge in [0, 0.05) is 24.0 Å². The minimum atomic E-state index is -0.372. The average Bonchev–Trinajstić information content (AvgIpc) is 2.49. The van der Waals surface area contributed by atoms with Gasteiger partial charge in [0.1, 0.15) is 5.75 Å². The van der Waals surface area contributed by atoms with Crippen LogP contribution in [0.5, 0.6) is 5.75 Å². The van der Waals surface area contributed by atoms with Crippen molar-refractivity contribution in [3.05, 3.63) is 48.3 Å². The number of aromatic hydroxyl groups is 1. The summed E-state index contributed by atoms with van der Waals surface area (Å²) >= 11 is 0. The van der Waals surface area contributed by atoms with E-state index in [4.69, 9.17) is 0 Å². The zero-order valence-electron chi connectivity index (χ0n) is 11.5. The number of carbonyl (C=O) groups is 2. The van der Waals surface area contributed by atoms with E-state index in [-0.39, 0.29) is 23.1 Å². The predicted molar refractivity (Wildman–Crippen MR) is 79.2 cm³/mol. The van der Waals surface area contributed by atoms with Crippen LogP contribution in [0.2, 0.25) is 0 Å². The minimum Gasteiger partial charge on any atom is -0.506 e. The van der Waals surface area contributed by atoms with Crippen LogP contribution in [0, 0.1) is 0 Å². The maximum atomic E-state index is 11.9. The third-order valence-electron chi connectivity index (χ3n) is 2.73. The smallest absolute Gasteiger partial charge is 0.257 e. The van der Waals surface area contributed by atoms with Crippen LogP contribution >= 0.6 is 0 Å². The molecule has 0 aliphatic rings. The Morgan fingerprint density at radius 3 is 2.29 bits per heavy atom. The van der Waals surface area contributed by atoms with Gasteiger partial charge in [-0.15, -0.1) is 0 Å². The summed E-state index contributed by atoms with van der Waals surface area (Å²) in [4.78, 5) is 26.9. The van der Waals surface area contributed by atoms with E-state index in [0.717, 1.165) is 0 Å². The zero-order valence-corrected chi connectivity index (χ0v) is 11.5. The predicted octanol–water partition coefficient (Wildman–Crippen LogP) is 2.39. The Labute approximate surface area is 121 Å². The Bertz CT molecular complexity index is 653. The van der Waals surface area contributed by atoms with Gasteiger partial charge >= 0.3 is 0 Å². The highest BCUT2D eigenvalue weighted by atomic mass is 16.3. The van der Waals surface area contributed by atoms with Gasteiger partial charge in [-0.25, -0.2) is 0 Å². The van der Waals surface area contributed by atoms with Gasteiger partial charge in [-0.1, -0.05) is 6.92 Å². The number of nitrogens with zero attached hydrogens (tertiary/aromatic N) is 1. The first kappa shape index (κ1) is 14.5. The molecule has 0 fully saturated rings. The number of nitrogens with one attached hydrogen (secondary N) is 2. The maximum absolute atomic E-state index is 11.9. The van der Waals surface area contributed by atoms with Gasteiger partial charge < -0.3 is 15.7 Å². The van der Waals surface area contributed by atoms with Gasteiger partial charge in [-0.05, 0) is 30.3 Å². The van der Waals surface area contributed by atoms with Crippen molar-refractivity contribution in [2.24, 2.45) is 0 Å². The first-order valence-corrected chi connectivity index (χ1v) is 6.43. The summed E-state index contributed by atoms with van der Waals surface area (Å²) in [6.07, 6.45) is 3.02. The molecule has 0 saturated heterocycles. The second-order valence-electron chi connectivity index (χ2n) is 4.37. The lowest BCUT2D eigenvalue weighted by Crippen LogP contribution is -2.12. The molecule has 2 aromatic rings. The van der Waals surface area contributed by atoms with E-state index in [1.54, 1.807) is 31.2 Å². The van der Waals surface area contributed by atoms with Crippen LogP contribution in [0.1, 0.15) is 23.7 Å². The summed E-state index contributed by atoms with van der Waals surface area (Å²) in [6.45, 7) is 1.77. The van der Waals surface area contributed by atoms with E-state index in [1.165, 1.54) is 18.5 Å². The molecule has 1 aromatic heterocycles. The maximum Gasteiger partial charge on any atom is 0.257 e. The Balaban J connectivity index is 2.03. The van der Waals surface area contributed by atoms with Crippen molar-refractivity contribution in [3.63, 3.8) is 0 Å². The van der Waals surface area contributed by atoms with Crippen LogP contribution in [0.3, 0.4) is 0 Å². The van der Waals surface area contributed by atoms with Crippen molar-refractivity contribution in [2.45, 2.75) is 13.3 Å². The molecule has 0 spiro atoms. The summed E-state index contributed by atoms with van der Waals surface area (Å²) in [5.74, 6) is -0.512. The molecule has 108 valence electrons. The third-order valence-corrected chi connectivity index (χ3v) is 2.73. The van der Waals surface area contributed by atoms with Gasteiger partial charge in [0.05, 0.1) is 11.8 Å². The third kappa shape index (κ3) is 4.04. The summed E-state index contributed by atoms with van der Waals surface area (Å²) in [6, 6.07) is 8.09. The largest absolute Gasteiger partial charge is 0.506 e.